The Balaban J connectivity index is 2.42. The summed E-state index contributed by atoms with van der Waals surface area (Å²) in [6, 6.07) is 0.263. The lowest BCUT2D eigenvalue weighted by atomic mass is 10.2. The van der Waals surface area contributed by atoms with Crippen LogP contribution in [0.2, 0.25) is 0 Å². The van der Waals surface area contributed by atoms with E-state index in [0.29, 0.717) is 10.4 Å². The molecule has 1 aliphatic rings. The third-order valence-corrected chi connectivity index (χ3v) is 4.82. The Bertz CT molecular complexity index is 547. The fraction of sp³-hybridized carbons (Fsp3) is 0.571. The highest BCUT2D eigenvalue weighted by Crippen LogP contribution is 2.38. The van der Waals surface area contributed by atoms with E-state index < -0.39 is 0 Å². The number of amides is 2. The standard InChI is InChI=1S/C14H22N4O2S/c1-4-18(5-2)14-9(12(19)16-3)10(15)11(21-14)13(20)17-8-6-7-8/h8H,4-7,15H2,1-3H3,(H,16,19)(H,17,20). The average Bonchev–Trinajstić information content (AvgIpc) is 3.22. The molecule has 0 spiro atoms. The first-order valence-corrected chi connectivity index (χ1v) is 8.05. The van der Waals surface area contributed by atoms with Crippen molar-refractivity contribution in [3.63, 3.8) is 0 Å². The molecule has 1 fully saturated rings. The number of rotatable bonds is 6. The highest BCUT2D eigenvalue weighted by atomic mass is 32.1. The monoisotopic (exact) mass is 310 g/mol. The predicted octanol–water partition coefficient (Wildman–Crippen LogP) is 1.43. The van der Waals surface area contributed by atoms with Gasteiger partial charge in [0.15, 0.2) is 0 Å². The van der Waals surface area contributed by atoms with Crippen LogP contribution in [-0.4, -0.2) is 38.0 Å². The van der Waals surface area contributed by atoms with Gasteiger partial charge in [0.2, 0.25) is 0 Å². The zero-order valence-electron chi connectivity index (χ0n) is 12.7. The van der Waals surface area contributed by atoms with Crippen LogP contribution in [0.1, 0.15) is 46.7 Å². The summed E-state index contributed by atoms with van der Waals surface area (Å²) >= 11 is 1.29. The molecule has 0 atom stereocenters. The number of carbonyl (C=O) groups excluding carboxylic acids is 2. The fourth-order valence-corrected chi connectivity index (χ4v) is 3.41. The first-order chi connectivity index (χ1) is 10.0. The lowest BCUT2D eigenvalue weighted by molar-refractivity contribution is 0.0955. The summed E-state index contributed by atoms with van der Waals surface area (Å²) in [5.41, 5.74) is 6.77. The molecule has 0 bridgehead atoms. The Labute approximate surface area is 128 Å². The van der Waals surface area contributed by atoms with E-state index in [4.69, 9.17) is 5.73 Å². The maximum absolute atomic E-state index is 12.3. The Morgan fingerprint density at radius 1 is 1.29 bits per heavy atom. The molecule has 2 amide bonds. The maximum atomic E-state index is 12.3. The maximum Gasteiger partial charge on any atom is 0.263 e. The number of hydrogen-bond acceptors (Lipinski definition) is 5. The summed E-state index contributed by atoms with van der Waals surface area (Å²) in [5.74, 6) is -0.431. The van der Waals surface area contributed by atoms with Crippen molar-refractivity contribution in [1.29, 1.82) is 0 Å². The topological polar surface area (TPSA) is 87.5 Å². The summed E-state index contributed by atoms with van der Waals surface area (Å²) in [7, 11) is 1.56. The van der Waals surface area contributed by atoms with Gasteiger partial charge in [-0.2, -0.15) is 0 Å². The van der Waals surface area contributed by atoms with E-state index >= 15 is 0 Å². The van der Waals surface area contributed by atoms with Crippen LogP contribution in [0.4, 0.5) is 10.7 Å². The number of nitrogens with zero attached hydrogens (tertiary/aromatic N) is 1. The second-order valence-corrected chi connectivity index (χ2v) is 6.02. The van der Waals surface area contributed by atoms with E-state index in [-0.39, 0.29) is 23.5 Å². The first kappa shape index (κ1) is 15.6. The van der Waals surface area contributed by atoms with Crippen molar-refractivity contribution < 1.29 is 9.59 Å². The minimum atomic E-state index is -0.254. The number of thiophene rings is 1. The minimum Gasteiger partial charge on any atom is -0.397 e. The van der Waals surface area contributed by atoms with Crippen LogP contribution in [0.5, 0.6) is 0 Å². The van der Waals surface area contributed by atoms with E-state index in [9.17, 15) is 9.59 Å². The van der Waals surface area contributed by atoms with Gasteiger partial charge in [-0.05, 0) is 26.7 Å². The van der Waals surface area contributed by atoms with Crippen LogP contribution in [-0.2, 0) is 0 Å². The van der Waals surface area contributed by atoms with Crippen LogP contribution in [0.15, 0.2) is 0 Å². The van der Waals surface area contributed by atoms with Crippen LogP contribution >= 0.6 is 11.3 Å². The lowest BCUT2D eigenvalue weighted by Gasteiger charge is -2.20. The molecule has 0 aliphatic heterocycles. The Kier molecular flexibility index (Phi) is 4.72. The molecule has 2 rings (SSSR count). The van der Waals surface area contributed by atoms with E-state index in [1.54, 1.807) is 7.05 Å². The van der Waals surface area contributed by atoms with Gasteiger partial charge in [-0.15, -0.1) is 11.3 Å². The van der Waals surface area contributed by atoms with Gasteiger partial charge in [-0.3, -0.25) is 9.59 Å². The van der Waals surface area contributed by atoms with Crippen molar-refractivity contribution >= 4 is 33.8 Å². The summed E-state index contributed by atoms with van der Waals surface area (Å²) in [5, 5.41) is 6.29. The third-order valence-electron chi connectivity index (χ3n) is 3.55. The molecular weight excluding hydrogens is 288 g/mol. The Morgan fingerprint density at radius 3 is 2.38 bits per heavy atom. The number of nitrogens with two attached hydrogens (primary N) is 1. The molecule has 1 aromatic rings. The molecule has 0 aromatic carbocycles. The number of hydrogen-bond donors (Lipinski definition) is 3. The van der Waals surface area contributed by atoms with Gasteiger partial charge in [0.25, 0.3) is 11.8 Å². The second-order valence-electron chi connectivity index (χ2n) is 5.02. The SMILES string of the molecule is CCN(CC)c1sc(C(=O)NC2CC2)c(N)c1C(=O)NC. The summed E-state index contributed by atoms with van der Waals surface area (Å²) in [4.78, 5) is 26.9. The van der Waals surface area contributed by atoms with Gasteiger partial charge in [-0.25, -0.2) is 0 Å². The summed E-state index contributed by atoms with van der Waals surface area (Å²) < 4.78 is 0. The van der Waals surface area contributed by atoms with Gasteiger partial charge in [-0.1, -0.05) is 0 Å². The first-order valence-electron chi connectivity index (χ1n) is 7.23. The largest absolute Gasteiger partial charge is 0.397 e. The smallest absolute Gasteiger partial charge is 0.263 e. The van der Waals surface area contributed by atoms with Crippen molar-refractivity contribution in [1.82, 2.24) is 10.6 Å². The van der Waals surface area contributed by atoms with Gasteiger partial charge < -0.3 is 21.3 Å². The predicted molar refractivity (Wildman–Crippen MR) is 86.2 cm³/mol. The van der Waals surface area contributed by atoms with E-state index in [1.807, 2.05) is 18.7 Å². The fourth-order valence-electron chi connectivity index (χ4n) is 2.16. The average molecular weight is 310 g/mol. The molecule has 1 heterocycles. The molecule has 0 radical (unpaired) electrons. The van der Waals surface area contributed by atoms with Crippen molar-refractivity contribution in [2.24, 2.45) is 0 Å². The number of nitrogen functional groups attached to an aromatic ring is 1. The van der Waals surface area contributed by atoms with Crippen molar-refractivity contribution in [2.45, 2.75) is 32.7 Å². The third kappa shape index (κ3) is 3.12. The molecular formula is C14H22N4O2S. The minimum absolute atomic E-state index is 0.177. The van der Waals surface area contributed by atoms with Crippen LogP contribution in [0.3, 0.4) is 0 Å². The van der Waals surface area contributed by atoms with Gasteiger partial charge >= 0.3 is 0 Å². The van der Waals surface area contributed by atoms with Gasteiger partial charge in [0.1, 0.15) is 9.88 Å². The number of nitrogens with one attached hydrogen (secondary N) is 2. The van der Waals surface area contributed by atoms with Crippen LogP contribution in [0.25, 0.3) is 0 Å². The number of anilines is 2. The highest BCUT2D eigenvalue weighted by molar-refractivity contribution is 7.19. The molecule has 4 N–H and O–H groups in total. The molecule has 116 valence electrons. The lowest BCUT2D eigenvalue weighted by Crippen LogP contribution is -2.26. The summed E-state index contributed by atoms with van der Waals surface area (Å²) in [6.07, 6.45) is 2.03. The molecule has 21 heavy (non-hydrogen) atoms. The van der Waals surface area contributed by atoms with Crippen molar-refractivity contribution in [2.75, 3.05) is 30.8 Å². The Morgan fingerprint density at radius 2 is 1.90 bits per heavy atom. The van der Waals surface area contributed by atoms with Crippen LogP contribution < -0.4 is 21.3 Å². The molecule has 1 saturated carbocycles. The van der Waals surface area contributed by atoms with Crippen molar-refractivity contribution in [3.05, 3.63) is 10.4 Å². The zero-order chi connectivity index (χ0) is 15.6. The van der Waals surface area contributed by atoms with E-state index in [2.05, 4.69) is 10.6 Å². The van der Waals surface area contributed by atoms with Crippen molar-refractivity contribution in [3.8, 4) is 0 Å². The quantitative estimate of drug-likeness (QED) is 0.742. The zero-order valence-corrected chi connectivity index (χ0v) is 13.5. The molecule has 1 aliphatic carbocycles. The van der Waals surface area contributed by atoms with E-state index in [1.165, 1.54) is 11.3 Å². The van der Waals surface area contributed by atoms with Gasteiger partial charge in [0, 0.05) is 26.2 Å². The van der Waals surface area contributed by atoms with Gasteiger partial charge in [0.05, 0.1) is 11.3 Å². The summed E-state index contributed by atoms with van der Waals surface area (Å²) in [6.45, 7) is 5.53. The molecule has 0 unspecified atom stereocenters. The molecule has 7 heteroatoms. The van der Waals surface area contributed by atoms with Crippen LogP contribution in [0, 0.1) is 0 Å². The second kappa shape index (κ2) is 6.34. The Hall–Kier alpha value is -1.76. The molecule has 0 saturated heterocycles. The highest BCUT2D eigenvalue weighted by Gasteiger charge is 2.30. The molecule has 1 aromatic heterocycles. The molecule has 6 nitrogen and oxygen atoms in total. The van der Waals surface area contributed by atoms with E-state index in [0.717, 1.165) is 30.9 Å². The normalized spacial score (nSPS) is 13.9. The number of carbonyl (C=O) groups is 2.